The molecule has 2 fully saturated rings. The standard InChI is InChI=1S/C18H33NO2.ClH/c1-3-8-17(16-9-4-5-10-16)18(20)21-15(2)11-14-19-12-6-7-13-19;/h15-17H,3-14H2,1-2H3;1H. The van der Waals surface area contributed by atoms with Crippen molar-refractivity contribution in [1.29, 1.82) is 0 Å². The van der Waals surface area contributed by atoms with Crippen molar-refractivity contribution >= 4 is 18.4 Å². The summed E-state index contributed by atoms with van der Waals surface area (Å²) in [4.78, 5) is 15.0. The molecule has 0 radical (unpaired) electrons. The summed E-state index contributed by atoms with van der Waals surface area (Å²) >= 11 is 0. The van der Waals surface area contributed by atoms with Gasteiger partial charge in [-0.15, -0.1) is 12.4 Å². The maximum Gasteiger partial charge on any atom is 0.309 e. The number of halogens is 1. The second kappa shape index (κ2) is 10.5. The van der Waals surface area contributed by atoms with E-state index in [9.17, 15) is 4.79 Å². The molecule has 0 N–H and O–H groups in total. The Morgan fingerprint density at radius 1 is 1.14 bits per heavy atom. The Hall–Kier alpha value is -0.280. The molecule has 1 aliphatic carbocycles. The van der Waals surface area contributed by atoms with Crippen LogP contribution in [0, 0.1) is 11.8 Å². The first-order chi connectivity index (χ1) is 10.2. The summed E-state index contributed by atoms with van der Waals surface area (Å²) < 4.78 is 5.77. The Balaban J connectivity index is 0.00000242. The van der Waals surface area contributed by atoms with Crippen LogP contribution in [0.1, 0.15) is 71.6 Å². The minimum Gasteiger partial charge on any atom is -0.462 e. The fraction of sp³-hybridized carbons (Fsp3) is 0.944. The number of esters is 1. The van der Waals surface area contributed by atoms with Gasteiger partial charge in [0.05, 0.1) is 5.92 Å². The van der Waals surface area contributed by atoms with E-state index in [-0.39, 0.29) is 30.4 Å². The molecule has 0 spiro atoms. The molecule has 4 heteroatoms. The van der Waals surface area contributed by atoms with E-state index in [4.69, 9.17) is 4.74 Å². The second-order valence-corrected chi connectivity index (χ2v) is 7.02. The predicted molar refractivity (Wildman–Crippen MR) is 93.4 cm³/mol. The third-order valence-electron chi connectivity index (χ3n) is 5.24. The largest absolute Gasteiger partial charge is 0.462 e. The van der Waals surface area contributed by atoms with Crippen molar-refractivity contribution in [2.75, 3.05) is 19.6 Å². The van der Waals surface area contributed by atoms with Gasteiger partial charge >= 0.3 is 5.97 Å². The van der Waals surface area contributed by atoms with Gasteiger partial charge in [0.15, 0.2) is 0 Å². The molecule has 1 saturated heterocycles. The van der Waals surface area contributed by atoms with Crippen molar-refractivity contribution in [3.63, 3.8) is 0 Å². The second-order valence-electron chi connectivity index (χ2n) is 7.02. The molecule has 0 aromatic heterocycles. The molecule has 2 unspecified atom stereocenters. The van der Waals surface area contributed by atoms with Crippen LogP contribution in [0.25, 0.3) is 0 Å². The quantitative estimate of drug-likeness (QED) is 0.616. The molecule has 3 nitrogen and oxygen atoms in total. The van der Waals surface area contributed by atoms with Crippen molar-refractivity contribution in [1.82, 2.24) is 4.90 Å². The Morgan fingerprint density at radius 3 is 2.36 bits per heavy atom. The number of carbonyl (C=O) groups excluding carboxylic acids is 1. The molecule has 1 heterocycles. The van der Waals surface area contributed by atoms with E-state index in [1.54, 1.807) is 0 Å². The van der Waals surface area contributed by atoms with Gasteiger partial charge in [0.2, 0.25) is 0 Å². The molecule has 130 valence electrons. The van der Waals surface area contributed by atoms with Crippen LogP contribution in [0.3, 0.4) is 0 Å². The van der Waals surface area contributed by atoms with Gasteiger partial charge in [0.1, 0.15) is 6.10 Å². The van der Waals surface area contributed by atoms with E-state index < -0.39 is 0 Å². The highest BCUT2D eigenvalue weighted by molar-refractivity contribution is 5.85. The van der Waals surface area contributed by atoms with Crippen LogP contribution in [0.5, 0.6) is 0 Å². The van der Waals surface area contributed by atoms with Crippen molar-refractivity contribution in [2.24, 2.45) is 11.8 Å². The molecule has 2 aliphatic rings. The van der Waals surface area contributed by atoms with Crippen LogP contribution in [0.2, 0.25) is 0 Å². The van der Waals surface area contributed by atoms with E-state index in [1.165, 1.54) is 51.6 Å². The zero-order valence-corrected chi connectivity index (χ0v) is 15.2. The number of carbonyl (C=O) groups is 1. The van der Waals surface area contributed by atoms with Crippen molar-refractivity contribution < 1.29 is 9.53 Å². The van der Waals surface area contributed by atoms with Crippen LogP contribution in [-0.4, -0.2) is 36.6 Å². The minimum atomic E-state index is 0. The molecule has 2 rings (SSSR count). The zero-order chi connectivity index (χ0) is 15.1. The lowest BCUT2D eigenvalue weighted by molar-refractivity contribution is -0.156. The third-order valence-corrected chi connectivity index (χ3v) is 5.24. The summed E-state index contributed by atoms with van der Waals surface area (Å²) in [6, 6.07) is 0. The van der Waals surface area contributed by atoms with Crippen LogP contribution < -0.4 is 0 Å². The number of hydrogen-bond acceptors (Lipinski definition) is 3. The van der Waals surface area contributed by atoms with Crippen LogP contribution in [0.4, 0.5) is 0 Å². The molecule has 0 amide bonds. The van der Waals surface area contributed by atoms with Crippen molar-refractivity contribution in [3.8, 4) is 0 Å². The lowest BCUT2D eigenvalue weighted by atomic mass is 9.87. The zero-order valence-electron chi connectivity index (χ0n) is 14.4. The van der Waals surface area contributed by atoms with E-state index in [1.807, 2.05) is 0 Å². The molecule has 0 aromatic carbocycles. The molecule has 0 bridgehead atoms. The Kier molecular flexibility index (Phi) is 9.42. The van der Waals surface area contributed by atoms with Gasteiger partial charge in [-0.1, -0.05) is 26.2 Å². The highest BCUT2D eigenvalue weighted by atomic mass is 35.5. The summed E-state index contributed by atoms with van der Waals surface area (Å²) in [5.41, 5.74) is 0. The van der Waals surface area contributed by atoms with Crippen LogP contribution in [0.15, 0.2) is 0 Å². The molecule has 1 aliphatic heterocycles. The fourth-order valence-electron chi connectivity index (χ4n) is 3.93. The number of hydrogen-bond donors (Lipinski definition) is 0. The average molecular weight is 332 g/mol. The highest BCUT2D eigenvalue weighted by Gasteiger charge is 2.31. The topological polar surface area (TPSA) is 29.5 Å². The Labute approximate surface area is 142 Å². The number of ether oxygens (including phenoxy) is 1. The first-order valence-corrected chi connectivity index (χ1v) is 9.13. The van der Waals surface area contributed by atoms with Crippen molar-refractivity contribution in [3.05, 3.63) is 0 Å². The van der Waals surface area contributed by atoms with E-state index in [0.717, 1.165) is 25.8 Å². The lowest BCUT2D eigenvalue weighted by Crippen LogP contribution is -2.30. The first kappa shape index (κ1) is 19.8. The van der Waals surface area contributed by atoms with E-state index >= 15 is 0 Å². The smallest absolute Gasteiger partial charge is 0.309 e. The molecule has 22 heavy (non-hydrogen) atoms. The monoisotopic (exact) mass is 331 g/mol. The molecular weight excluding hydrogens is 298 g/mol. The van der Waals surface area contributed by atoms with Gasteiger partial charge < -0.3 is 9.64 Å². The van der Waals surface area contributed by atoms with Crippen LogP contribution in [-0.2, 0) is 9.53 Å². The number of likely N-dealkylation sites (tertiary alicyclic amines) is 1. The van der Waals surface area contributed by atoms with Gasteiger partial charge in [0, 0.05) is 6.54 Å². The van der Waals surface area contributed by atoms with Gasteiger partial charge in [-0.05, 0) is 64.5 Å². The average Bonchev–Trinajstić information content (AvgIpc) is 3.15. The van der Waals surface area contributed by atoms with E-state index in [0.29, 0.717) is 5.92 Å². The van der Waals surface area contributed by atoms with Crippen molar-refractivity contribution in [2.45, 2.75) is 77.7 Å². The summed E-state index contributed by atoms with van der Waals surface area (Å²) in [7, 11) is 0. The normalized spacial score (nSPS) is 22.3. The fourth-order valence-corrected chi connectivity index (χ4v) is 3.93. The summed E-state index contributed by atoms with van der Waals surface area (Å²) in [5.74, 6) is 0.827. The Bertz CT molecular complexity index is 312. The van der Waals surface area contributed by atoms with E-state index in [2.05, 4.69) is 18.7 Å². The molecule has 0 aromatic rings. The van der Waals surface area contributed by atoms with Gasteiger partial charge in [-0.25, -0.2) is 0 Å². The van der Waals surface area contributed by atoms with Gasteiger partial charge in [-0.2, -0.15) is 0 Å². The third kappa shape index (κ3) is 6.08. The van der Waals surface area contributed by atoms with Crippen LogP contribution >= 0.6 is 12.4 Å². The highest BCUT2D eigenvalue weighted by Crippen LogP contribution is 2.34. The molecular formula is C18H34ClNO2. The van der Waals surface area contributed by atoms with Gasteiger partial charge in [0.25, 0.3) is 0 Å². The number of nitrogens with zero attached hydrogens (tertiary/aromatic N) is 1. The maximum atomic E-state index is 12.5. The lowest BCUT2D eigenvalue weighted by Gasteiger charge is -2.24. The maximum absolute atomic E-state index is 12.5. The number of rotatable bonds is 8. The SMILES string of the molecule is CCCC(C(=O)OC(C)CCN1CCCC1)C1CCCC1.Cl. The van der Waals surface area contributed by atoms with Gasteiger partial charge in [-0.3, -0.25) is 4.79 Å². The minimum absolute atomic E-state index is 0. The first-order valence-electron chi connectivity index (χ1n) is 9.13. The molecule has 2 atom stereocenters. The summed E-state index contributed by atoms with van der Waals surface area (Å²) in [6.07, 6.45) is 10.8. The predicted octanol–water partition coefficient (Wildman–Crippen LogP) is 4.43. The Morgan fingerprint density at radius 2 is 1.77 bits per heavy atom. The summed E-state index contributed by atoms with van der Waals surface area (Å²) in [5, 5.41) is 0. The summed E-state index contributed by atoms with van der Waals surface area (Å²) in [6.45, 7) is 7.76. The molecule has 1 saturated carbocycles.